The van der Waals surface area contributed by atoms with Gasteiger partial charge in [0.05, 0.1) is 17.0 Å². The molecule has 2 rings (SSSR count). The predicted octanol–water partition coefficient (Wildman–Crippen LogP) is 1.30. The van der Waals surface area contributed by atoms with Gasteiger partial charge < -0.3 is 10.1 Å². The van der Waals surface area contributed by atoms with Crippen LogP contribution in [-0.2, 0) is 19.6 Å². The Kier molecular flexibility index (Phi) is 5.17. The van der Waals surface area contributed by atoms with Crippen molar-refractivity contribution in [2.24, 2.45) is 0 Å². The van der Waals surface area contributed by atoms with Crippen molar-refractivity contribution in [1.29, 1.82) is 0 Å². The van der Waals surface area contributed by atoms with Crippen LogP contribution in [0.15, 0.2) is 24.3 Å². The molecule has 1 aliphatic rings. The number of nitrogens with one attached hydrogen (secondary N) is 1. The largest absolute Gasteiger partial charge is 0.452 e. The van der Waals surface area contributed by atoms with Gasteiger partial charge in [-0.2, -0.15) is 0 Å². The fourth-order valence-electron chi connectivity index (χ4n) is 2.36. The highest BCUT2D eigenvalue weighted by molar-refractivity contribution is 7.93. The van der Waals surface area contributed by atoms with Crippen LogP contribution in [0.2, 0.25) is 0 Å². The monoisotopic (exact) mass is 354 g/mol. The third-order valence-corrected chi connectivity index (χ3v) is 5.21. The molecule has 7 nitrogen and oxygen atoms in total. The van der Waals surface area contributed by atoms with E-state index < -0.39 is 21.5 Å². The van der Waals surface area contributed by atoms with Gasteiger partial charge in [-0.25, -0.2) is 13.2 Å². The number of ether oxygens (including phenoxy) is 1. The van der Waals surface area contributed by atoms with Crippen LogP contribution in [0.3, 0.4) is 0 Å². The Morgan fingerprint density at radius 2 is 1.83 bits per heavy atom. The van der Waals surface area contributed by atoms with Crippen molar-refractivity contribution >= 4 is 27.6 Å². The van der Waals surface area contributed by atoms with Crippen LogP contribution in [0, 0.1) is 0 Å². The first-order valence-electron chi connectivity index (χ1n) is 7.67. The van der Waals surface area contributed by atoms with E-state index in [2.05, 4.69) is 5.32 Å². The molecule has 1 saturated heterocycles. The van der Waals surface area contributed by atoms with Gasteiger partial charge in [0.15, 0.2) is 6.61 Å². The third-order valence-electron chi connectivity index (χ3n) is 3.34. The average molecular weight is 354 g/mol. The van der Waals surface area contributed by atoms with E-state index in [9.17, 15) is 18.0 Å². The minimum Gasteiger partial charge on any atom is -0.452 e. The van der Waals surface area contributed by atoms with E-state index >= 15 is 0 Å². The second kappa shape index (κ2) is 6.80. The summed E-state index contributed by atoms with van der Waals surface area (Å²) in [4.78, 5) is 23.6. The number of hydrogen-bond donors (Lipinski definition) is 1. The summed E-state index contributed by atoms with van der Waals surface area (Å²) in [5.74, 6) is -0.870. The molecule has 0 atom stereocenters. The molecule has 132 valence electrons. The van der Waals surface area contributed by atoms with Crippen LogP contribution in [0.4, 0.5) is 5.69 Å². The number of benzene rings is 1. The van der Waals surface area contributed by atoms with Crippen molar-refractivity contribution in [1.82, 2.24) is 5.32 Å². The number of hydrogen-bond acceptors (Lipinski definition) is 5. The van der Waals surface area contributed by atoms with Crippen molar-refractivity contribution < 1.29 is 22.7 Å². The average Bonchev–Trinajstić information content (AvgIpc) is 2.82. The van der Waals surface area contributed by atoms with Crippen LogP contribution in [0.1, 0.15) is 37.6 Å². The zero-order chi connectivity index (χ0) is 18.0. The molecule has 1 amide bonds. The first-order valence-corrected chi connectivity index (χ1v) is 9.28. The fourth-order valence-corrected chi connectivity index (χ4v) is 3.93. The van der Waals surface area contributed by atoms with Gasteiger partial charge in [0, 0.05) is 12.1 Å². The van der Waals surface area contributed by atoms with Crippen molar-refractivity contribution in [3.8, 4) is 0 Å². The van der Waals surface area contributed by atoms with E-state index in [1.54, 1.807) is 12.1 Å². The Bertz CT molecular complexity index is 720. The van der Waals surface area contributed by atoms with Gasteiger partial charge in [-0.05, 0) is 51.5 Å². The lowest BCUT2D eigenvalue weighted by atomic mass is 10.1. The first-order chi connectivity index (χ1) is 11.1. The summed E-state index contributed by atoms with van der Waals surface area (Å²) in [5, 5.41) is 2.69. The van der Waals surface area contributed by atoms with Crippen LogP contribution in [0.5, 0.6) is 0 Å². The molecule has 0 bridgehead atoms. The van der Waals surface area contributed by atoms with E-state index in [1.807, 2.05) is 20.8 Å². The molecule has 1 aromatic carbocycles. The summed E-state index contributed by atoms with van der Waals surface area (Å²) in [5.41, 5.74) is 0.389. The fraction of sp³-hybridized carbons (Fsp3) is 0.500. The molecule has 0 radical (unpaired) electrons. The molecule has 1 aromatic rings. The highest BCUT2D eigenvalue weighted by atomic mass is 32.2. The summed E-state index contributed by atoms with van der Waals surface area (Å²) in [6, 6.07) is 6.11. The number of anilines is 1. The summed E-state index contributed by atoms with van der Waals surface area (Å²) >= 11 is 0. The quantitative estimate of drug-likeness (QED) is 0.823. The third kappa shape index (κ3) is 4.70. The first kappa shape index (κ1) is 18.3. The Morgan fingerprint density at radius 3 is 2.33 bits per heavy atom. The number of carbonyl (C=O) groups excluding carboxylic acids is 2. The Hall–Kier alpha value is -2.09. The van der Waals surface area contributed by atoms with E-state index in [-0.39, 0.29) is 23.8 Å². The van der Waals surface area contributed by atoms with Crippen molar-refractivity contribution in [2.45, 2.75) is 32.7 Å². The maximum Gasteiger partial charge on any atom is 0.338 e. The van der Waals surface area contributed by atoms with Gasteiger partial charge in [0.2, 0.25) is 10.0 Å². The lowest BCUT2D eigenvalue weighted by molar-refractivity contribution is -0.125. The Labute approximate surface area is 142 Å². The molecule has 0 aromatic heterocycles. The van der Waals surface area contributed by atoms with Gasteiger partial charge in [0.1, 0.15) is 0 Å². The molecule has 8 heteroatoms. The Morgan fingerprint density at radius 1 is 1.21 bits per heavy atom. The highest BCUT2D eigenvalue weighted by Gasteiger charge is 2.28. The molecule has 1 N–H and O–H groups in total. The maximum absolute atomic E-state index is 11.9. The zero-order valence-electron chi connectivity index (χ0n) is 14.0. The molecule has 24 heavy (non-hydrogen) atoms. The molecular formula is C16H22N2O5S. The topological polar surface area (TPSA) is 92.8 Å². The number of amides is 1. The molecule has 0 unspecified atom stereocenters. The van der Waals surface area contributed by atoms with Gasteiger partial charge in [-0.1, -0.05) is 0 Å². The van der Waals surface area contributed by atoms with Gasteiger partial charge in [-0.3, -0.25) is 9.10 Å². The van der Waals surface area contributed by atoms with Crippen molar-refractivity contribution in [3.05, 3.63) is 29.8 Å². The number of nitrogens with zero attached hydrogens (tertiary/aromatic N) is 1. The van der Waals surface area contributed by atoms with E-state index in [0.717, 1.165) is 0 Å². The molecule has 1 aliphatic heterocycles. The molecule has 0 spiro atoms. The summed E-state index contributed by atoms with van der Waals surface area (Å²) in [6.45, 7) is 5.57. The second-order valence-electron chi connectivity index (χ2n) is 6.66. The van der Waals surface area contributed by atoms with Crippen molar-refractivity contribution in [2.75, 3.05) is 23.2 Å². The summed E-state index contributed by atoms with van der Waals surface area (Å²) in [6.07, 6.45) is 0.592. The van der Waals surface area contributed by atoms with Crippen LogP contribution >= 0.6 is 0 Å². The van der Waals surface area contributed by atoms with E-state index in [4.69, 9.17) is 4.74 Å². The van der Waals surface area contributed by atoms with Gasteiger partial charge in [0.25, 0.3) is 5.91 Å². The number of carbonyl (C=O) groups is 2. The summed E-state index contributed by atoms with van der Waals surface area (Å²) in [7, 11) is -3.25. The summed E-state index contributed by atoms with van der Waals surface area (Å²) < 4.78 is 30.0. The smallest absolute Gasteiger partial charge is 0.338 e. The van der Waals surface area contributed by atoms with E-state index in [0.29, 0.717) is 18.7 Å². The molecule has 1 fully saturated rings. The molecule has 0 saturated carbocycles. The minimum atomic E-state index is -3.25. The lowest BCUT2D eigenvalue weighted by Crippen LogP contribution is -2.42. The maximum atomic E-state index is 11.9. The van der Waals surface area contributed by atoms with Crippen LogP contribution in [0.25, 0.3) is 0 Å². The SMILES string of the molecule is CC(C)(C)NC(=O)COC(=O)c1ccc(N2CCCS2(=O)=O)cc1. The molecule has 1 heterocycles. The standard InChI is InChI=1S/C16H22N2O5S/c1-16(2,3)17-14(19)11-23-15(20)12-5-7-13(8-6-12)18-9-4-10-24(18,21)22/h5-8H,4,9-11H2,1-3H3,(H,17,19). The van der Waals surface area contributed by atoms with E-state index in [1.165, 1.54) is 16.4 Å². The number of rotatable bonds is 4. The van der Waals surface area contributed by atoms with Gasteiger partial charge >= 0.3 is 5.97 Å². The highest BCUT2D eigenvalue weighted by Crippen LogP contribution is 2.24. The normalized spacial score (nSPS) is 16.7. The van der Waals surface area contributed by atoms with Crippen LogP contribution < -0.4 is 9.62 Å². The van der Waals surface area contributed by atoms with Gasteiger partial charge in [-0.15, -0.1) is 0 Å². The predicted molar refractivity (Wildman–Crippen MR) is 90.4 cm³/mol. The molecule has 0 aliphatic carbocycles. The second-order valence-corrected chi connectivity index (χ2v) is 8.68. The number of esters is 1. The molecular weight excluding hydrogens is 332 g/mol. The van der Waals surface area contributed by atoms with Crippen molar-refractivity contribution in [3.63, 3.8) is 0 Å². The zero-order valence-corrected chi connectivity index (χ0v) is 14.9. The Balaban J connectivity index is 1.96. The van der Waals surface area contributed by atoms with Crippen LogP contribution in [-0.4, -0.2) is 44.7 Å². The number of sulfonamides is 1. The minimum absolute atomic E-state index is 0.139. The lowest BCUT2D eigenvalue weighted by Gasteiger charge is -2.20.